The molecule has 14 nitrogen and oxygen atoms in total. The maximum atomic E-state index is 13.7. The summed E-state index contributed by atoms with van der Waals surface area (Å²) in [4.78, 5) is 43.6. The van der Waals surface area contributed by atoms with Crippen molar-refractivity contribution in [3.8, 4) is 11.4 Å². The average molecular weight is 670 g/mol. The number of ether oxygens (including phenoxy) is 2. The van der Waals surface area contributed by atoms with Gasteiger partial charge in [-0.2, -0.15) is 5.10 Å². The van der Waals surface area contributed by atoms with Crippen LogP contribution in [0, 0.1) is 11.8 Å². The van der Waals surface area contributed by atoms with Gasteiger partial charge in [-0.25, -0.2) is 4.79 Å². The molecule has 4 rings (SSSR count). The summed E-state index contributed by atoms with van der Waals surface area (Å²) < 4.78 is 14.1. The molecule has 2 aliphatic heterocycles. The van der Waals surface area contributed by atoms with Crippen LogP contribution in [0.25, 0.3) is 11.4 Å². The summed E-state index contributed by atoms with van der Waals surface area (Å²) in [5.41, 5.74) is -1.21. The normalized spacial score (nSPS) is 33.9. The minimum atomic E-state index is -1.46. The van der Waals surface area contributed by atoms with E-state index in [1.165, 1.54) is 6.92 Å². The van der Waals surface area contributed by atoms with Crippen molar-refractivity contribution in [1.82, 2.24) is 35.0 Å². The quantitative estimate of drug-likeness (QED) is 0.327. The van der Waals surface area contributed by atoms with Crippen LogP contribution >= 0.6 is 0 Å². The second-order valence-corrected chi connectivity index (χ2v) is 14.2. The Morgan fingerprint density at radius 2 is 1.83 bits per heavy atom. The van der Waals surface area contributed by atoms with Gasteiger partial charge in [0.15, 0.2) is 11.9 Å². The number of aromatic nitrogens is 5. The van der Waals surface area contributed by atoms with Crippen LogP contribution in [-0.2, 0) is 25.6 Å². The molecule has 2 fully saturated rings. The lowest BCUT2D eigenvalue weighted by molar-refractivity contribution is -0.210. The third kappa shape index (κ3) is 8.23. The zero-order valence-corrected chi connectivity index (χ0v) is 29.6. The predicted molar refractivity (Wildman–Crippen MR) is 179 cm³/mol. The van der Waals surface area contributed by atoms with Gasteiger partial charge in [0, 0.05) is 39.2 Å². The predicted octanol–water partition coefficient (Wildman–Crippen LogP) is 2.25. The van der Waals surface area contributed by atoms with E-state index in [2.05, 4.69) is 20.5 Å². The molecule has 2 N–H and O–H groups in total. The minimum Gasteiger partial charge on any atom is -0.438 e. The molecule has 15 heteroatoms. The van der Waals surface area contributed by atoms with E-state index in [1.54, 1.807) is 53.7 Å². The molecule has 1 unspecified atom stereocenters. The topological polar surface area (TPSA) is 173 Å². The smallest absolute Gasteiger partial charge is 0.410 e. The van der Waals surface area contributed by atoms with Crippen molar-refractivity contribution in [3.05, 3.63) is 24.5 Å². The molecule has 2 aliphatic rings. The highest BCUT2D eigenvalue weighted by atomic mass is 16.6. The highest BCUT2D eigenvalue weighted by Crippen LogP contribution is 2.41. The zero-order chi connectivity index (χ0) is 35.4. The van der Waals surface area contributed by atoms with Gasteiger partial charge in [-0.1, -0.05) is 26.0 Å². The molecule has 0 spiro atoms. The molecule has 48 heavy (non-hydrogen) atoms. The van der Waals surface area contributed by atoms with Crippen molar-refractivity contribution in [2.24, 2.45) is 11.8 Å². The van der Waals surface area contributed by atoms with Crippen LogP contribution in [0.4, 0.5) is 4.79 Å². The standard InChI is InChI=1S/C33H52BN7O7/c1-8-28-33(7)29(40(31(45)48-33)15-10-9-14-39-19-25(37-38-39)24-12-11-13-35-36-24)22(4)41(23(5)42)18-20(2)17-32(6,46)27(34)16-26(43)21(3)30(44)47-28/h11-13,19-22,27-30,44,46H,8-10,14-18,34H2,1-7H3/t20-,21-,22-,27-,28-,29-,30?,32+,33-/m1/s1. The molecule has 0 bridgehead atoms. The summed E-state index contributed by atoms with van der Waals surface area (Å²) in [5, 5.41) is 38.9. The van der Waals surface area contributed by atoms with Gasteiger partial charge in [-0.15, -0.1) is 10.2 Å². The molecule has 9 atom stereocenters. The van der Waals surface area contributed by atoms with Crippen molar-refractivity contribution in [1.29, 1.82) is 0 Å². The zero-order valence-electron chi connectivity index (χ0n) is 29.6. The number of aliphatic hydroxyl groups is 2. The summed E-state index contributed by atoms with van der Waals surface area (Å²) in [6.45, 7) is 13.6. The molecule has 2 saturated heterocycles. The van der Waals surface area contributed by atoms with Gasteiger partial charge < -0.3 is 24.6 Å². The van der Waals surface area contributed by atoms with Crippen LogP contribution in [0.5, 0.6) is 0 Å². The lowest BCUT2D eigenvalue weighted by atomic mass is 9.67. The summed E-state index contributed by atoms with van der Waals surface area (Å²) in [6, 6.07) is 2.45. The first-order valence-electron chi connectivity index (χ1n) is 17.1. The lowest BCUT2D eigenvalue weighted by Gasteiger charge is -2.45. The van der Waals surface area contributed by atoms with Crippen molar-refractivity contribution < 1.29 is 34.1 Å². The number of hydrogen-bond donors (Lipinski definition) is 2. The maximum absolute atomic E-state index is 13.7. The van der Waals surface area contributed by atoms with Gasteiger partial charge in [0.2, 0.25) is 5.91 Å². The van der Waals surface area contributed by atoms with E-state index in [0.29, 0.717) is 56.7 Å². The molecule has 0 saturated carbocycles. The van der Waals surface area contributed by atoms with E-state index < -0.39 is 47.7 Å². The Morgan fingerprint density at radius 3 is 2.48 bits per heavy atom. The Labute approximate surface area is 284 Å². The first-order chi connectivity index (χ1) is 22.6. The Balaban J connectivity index is 1.61. The van der Waals surface area contributed by atoms with Gasteiger partial charge in [0.25, 0.3) is 0 Å². The van der Waals surface area contributed by atoms with Crippen molar-refractivity contribution in [3.63, 3.8) is 0 Å². The van der Waals surface area contributed by atoms with Crippen molar-refractivity contribution >= 4 is 25.6 Å². The lowest BCUT2D eigenvalue weighted by Crippen LogP contribution is -2.62. The molecular formula is C33H52BN7O7. The van der Waals surface area contributed by atoms with Crippen LogP contribution in [0.15, 0.2) is 24.5 Å². The number of hydrogen-bond acceptors (Lipinski definition) is 11. The second kappa shape index (κ2) is 15.4. The maximum Gasteiger partial charge on any atom is 0.410 e. The fourth-order valence-electron chi connectivity index (χ4n) is 7.32. The fourth-order valence-corrected chi connectivity index (χ4v) is 7.32. The Bertz CT molecular complexity index is 1410. The van der Waals surface area contributed by atoms with Gasteiger partial charge in [0.1, 0.15) is 31.1 Å². The average Bonchev–Trinajstić information content (AvgIpc) is 3.61. The number of aryl methyl sites for hydroxylation is 1. The SMILES string of the molecule is B[C@@H]1CC(=O)[C@@H](C)C(O)O[C@H](CC)[C@@]2(C)OC(=O)N(CCCCn3cc(-c4cccnn4)nn3)[C@@H]2[C@@H](C)N(C(C)=O)C[C@H](C)C[C@]1(C)O. The van der Waals surface area contributed by atoms with Crippen LogP contribution in [0.3, 0.4) is 0 Å². The largest absolute Gasteiger partial charge is 0.438 e. The van der Waals surface area contributed by atoms with Crippen LogP contribution in [0.1, 0.15) is 80.6 Å². The third-order valence-corrected chi connectivity index (χ3v) is 10.3. The van der Waals surface area contributed by atoms with E-state index >= 15 is 0 Å². The van der Waals surface area contributed by atoms with E-state index in [4.69, 9.17) is 9.47 Å². The number of nitrogens with zero attached hydrogens (tertiary/aromatic N) is 7. The van der Waals surface area contributed by atoms with E-state index in [1.807, 2.05) is 34.7 Å². The molecule has 0 aliphatic carbocycles. The fraction of sp³-hybridized carbons (Fsp3) is 0.727. The molecule has 264 valence electrons. The third-order valence-electron chi connectivity index (χ3n) is 10.3. The first kappa shape index (κ1) is 37.4. The molecule has 2 aromatic rings. The second-order valence-electron chi connectivity index (χ2n) is 14.2. The first-order valence-corrected chi connectivity index (χ1v) is 17.1. The Hall–Kier alpha value is -3.43. The number of aliphatic hydroxyl groups excluding tert-OH is 1. The molecule has 2 aromatic heterocycles. The summed E-state index contributed by atoms with van der Waals surface area (Å²) in [5.74, 6) is -1.78. The van der Waals surface area contributed by atoms with Crippen molar-refractivity contribution in [2.45, 2.75) is 129 Å². The van der Waals surface area contributed by atoms with Crippen LogP contribution in [0.2, 0.25) is 5.82 Å². The highest BCUT2D eigenvalue weighted by molar-refractivity contribution is 6.14. The number of carbonyl (C=O) groups excluding carboxylic acids is 3. The molecular weight excluding hydrogens is 617 g/mol. The molecule has 0 radical (unpaired) electrons. The summed E-state index contributed by atoms with van der Waals surface area (Å²) in [6.07, 6.45) is 2.70. The molecule has 4 heterocycles. The number of ketones is 1. The number of unbranched alkanes of at least 4 members (excludes halogenated alkanes) is 1. The Kier molecular flexibility index (Phi) is 12.0. The molecule has 2 amide bonds. The number of Topliss-reactive ketones (excluding diaryl/α,β-unsaturated/α-hetero) is 1. The monoisotopic (exact) mass is 669 g/mol. The summed E-state index contributed by atoms with van der Waals surface area (Å²) >= 11 is 0. The molecule has 0 aromatic carbocycles. The van der Waals surface area contributed by atoms with E-state index in [9.17, 15) is 24.6 Å². The summed E-state index contributed by atoms with van der Waals surface area (Å²) in [7, 11) is 1.82. The van der Waals surface area contributed by atoms with Gasteiger partial charge in [0.05, 0.1) is 29.8 Å². The van der Waals surface area contributed by atoms with Crippen LogP contribution in [-0.4, -0.2) is 120 Å². The van der Waals surface area contributed by atoms with E-state index in [0.717, 1.165) is 0 Å². The number of carbonyl (C=O) groups is 3. The Morgan fingerprint density at radius 1 is 1.12 bits per heavy atom. The van der Waals surface area contributed by atoms with Gasteiger partial charge in [-0.3, -0.25) is 19.2 Å². The number of fused-ring (bicyclic) bond motifs is 1. The van der Waals surface area contributed by atoms with Crippen molar-refractivity contribution in [2.75, 3.05) is 13.1 Å². The van der Waals surface area contributed by atoms with E-state index in [-0.39, 0.29) is 29.8 Å². The van der Waals surface area contributed by atoms with Gasteiger partial charge in [-0.05, 0) is 70.3 Å². The van der Waals surface area contributed by atoms with Gasteiger partial charge >= 0.3 is 6.09 Å². The number of rotatable bonds is 7. The minimum absolute atomic E-state index is 0.0594. The van der Waals surface area contributed by atoms with Crippen LogP contribution < -0.4 is 0 Å². The number of amides is 2. The highest BCUT2D eigenvalue weighted by Gasteiger charge is 2.59.